The Hall–Kier alpha value is -3.67. The lowest BCUT2D eigenvalue weighted by Gasteiger charge is -2.47. The highest BCUT2D eigenvalue weighted by Crippen LogP contribution is 2.35. The van der Waals surface area contributed by atoms with Gasteiger partial charge in [0.05, 0.1) is 40.1 Å². The van der Waals surface area contributed by atoms with Gasteiger partial charge in [-0.15, -0.1) is 0 Å². The van der Waals surface area contributed by atoms with E-state index >= 15 is 0 Å². The van der Waals surface area contributed by atoms with Gasteiger partial charge in [0.1, 0.15) is 61.0 Å². The Bertz CT molecular complexity index is 1610. The minimum atomic E-state index is -2.12. The van der Waals surface area contributed by atoms with E-state index in [0.717, 1.165) is 6.08 Å². The standard InChI is InChI=1S/C36H48O19/c1-17-26(41)28(43)29(44)33(52-17)54-30-27(42)24(14-50-25(40)9-6-18-4-7-20(38)23(13-18)48-3)53-34(31(30)55-35-32(45)36(46,15-37)16-51-35)49-11-10-19-5-8-22(47-2)21(39)12-19/h4-9,12-13,17,24,26-35,37-39,41-46H,10-11,14-16H2,1-3H3. The zero-order valence-corrected chi connectivity index (χ0v) is 30.2. The number of hydrogen-bond acceptors (Lipinski definition) is 19. The molecule has 2 aromatic carbocycles. The molecule has 3 saturated heterocycles. The molecule has 0 saturated carbocycles. The van der Waals surface area contributed by atoms with Gasteiger partial charge in [-0.05, 0) is 54.8 Å². The van der Waals surface area contributed by atoms with E-state index in [1.807, 2.05) is 0 Å². The molecule has 306 valence electrons. The molecule has 0 radical (unpaired) electrons. The molecule has 3 heterocycles. The molecule has 3 aliphatic rings. The maximum atomic E-state index is 12.8. The third kappa shape index (κ3) is 9.84. The predicted molar refractivity (Wildman–Crippen MR) is 184 cm³/mol. The van der Waals surface area contributed by atoms with E-state index in [-0.39, 0.29) is 36.0 Å². The number of aromatic hydroxyl groups is 2. The Kier molecular flexibility index (Phi) is 14.3. The van der Waals surface area contributed by atoms with E-state index < -0.39 is 105 Å². The van der Waals surface area contributed by atoms with Crippen LogP contribution in [0.2, 0.25) is 0 Å². The first-order chi connectivity index (χ1) is 26.2. The summed E-state index contributed by atoms with van der Waals surface area (Å²) in [5, 5.41) is 94.4. The summed E-state index contributed by atoms with van der Waals surface area (Å²) >= 11 is 0. The van der Waals surface area contributed by atoms with Gasteiger partial charge in [-0.1, -0.05) is 12.1 Å². The molecule has 9 N–H and O–H groups in total. The fourth-order valence-corrected chi connectivity index (χ4v) is 6.17. The molecule has 0 aliphatic carbocycles. The van der Waals surface area contributed by atoms with Gasteiger partial charge in [0, 0.05) is 6.08 Å². The molecular formula is C36H48O19. The predicted octanol–water partition coefficient (Wildman–Crippen LogP) is -1.94. The van der Waals surface area contributed by atoms with Crippen molar-refractivity contribution in [2.24, 2.45) is 0 Å². The normalized spacial score (nSPS) is 35.2. The van der Waals surface area contributed by atoms with Crippen molar-refractivity contribution in [3.05, 3.63) is 53.6 Å². The van der Waals surface area contributed by atoms with Crippen molar-refractivity contribution in [2.75, 3.05) is 40.6 Å². The first-order valence-electron chi connectivity index (χ1n) is 17.4. The smallest absolute Gasteiger partial charge is 0.330 e. The van der Waals surface area contributed by atoms with Crippen LogP contribution < -0.4 is 9.47 Å². The van der Waals surface area contributed by atoms with Crippen LogP contribution in [-0.4, -0.2) is 172 Å². The highest BCUT2D eigenvalue weighted by molar-refractivity contribution is 5.87. The molecule has 0 amide bonds. The summed E-state index contributed by atoms with van der Waals surface area (Å²) in [6.07, 6.45) is -16.5. The lowest BCUT2D eigenvalue weighted by molar-refractivity contribution is -0.375. The third-order valence-corrected chi connectivity index (χ3v) is 9.51. The molecule has 13 atom stereocenters. The Morgan fingerprint density at radius 1 is 0.855 bits per heavy atom. The van der Waals surface area contributed by atoms with Crippen LogP contribution in [0.25, 0.3) is 6.08 Å². The van der Waals surface area contributed by atoms with Crippen LogP contribution >= 0.6 is 0 Å². The van der Waals surface area contributed by atoms with Crippen LogP contribution in [0.15, 0.2) is 42.5 Å². The maximum Gasteiger partial charge on any atom is 0.330 e. The van der Waals surface area contributed by atoms with Gasteiger partial charge in [-0.3, -0.25) is 0 Å². The van der Waals surface area contributed by atoms with Gasteiger partial charge in [0.2, 0.25) is 0 Å². The lowest BCUT2D eigenvalue weighted by Crippen LogP contribution is -2.65. The van der Waals surface area contributed by atoms with Crippen LogP contribution in [0.3, 0.4) is 0 Å². The average molecular weight is 785 g/mol. The number of phenols is 2. The highest BCUT2D eigenvalue weighted by Gasteiger charge is 2.55. The number of esters is 1. The topological polar surface area (TPSA) is 282 Å². The molecule has 19 heteroatoms. The second-order valence-electron chi connectivity index (χ2n) is 13.3. The summed E-state index contributed by atoms with van der Waals surface area (Å²) in [7, 11) is 2.76. The zero-order valence-electron chi connectivity index (χ0n) is 30.2. The fraction of sp³-hybridized carbons (Fsp3) is 0.583. The molecular weight excluding hydrogens is 736 g/mol. The number of aliphatic hydroxyl groups excluding tert-OH is 6. The molecule has 0 aromatic heterocycles. The van der Waals surface area contributed by atoms with Crippen LogP contribution in [0.5, 0.6) is 23.0 Å². The van der Waals surface area contributed by atoms with Crippen LogP contribution in [0, 0.1) is 0 Å². The van der Waals surface area contributed by atoms with Gasteiger partial charge in [-0.25, -0.2) is 4.79 Å². The number of methoxy groups -OCH3 is 2. The quantitative estimate of drug-likeness (QED) is 0.0701. The average Bonchev–Trinajstić information content (AvgIpc) is 3.46. The van der Waals surface area contributed by atoms with E-state index in [1.165, 1.54) is 51.5 Å². The number of phenolic OH excluding ortho intramolecular Hbond substituents is 2. The molecule has 0 spiro atoms. The summed E-state index contributed by atoms with van der Waals surface area (Å²) in [6.45, 7) is -0.743. The first kappa shape index (κ1) is 42.5. The largest absolute Gasteiger partial charge is 0.504 e. The molecule has 55 heavy (non-hydrogen) atoms. The third-order valence-electron chi connectivity index (χ3n) is 9.51. The van der Waals surface area contributed by atoms with Crippen molar-refractivity contribution in [2.45, 2.75) is 92.8 Å². The molecule has 5 rings (SSSR count). The minimum Gasteiger partial charge on any atom is -0.504 e. The monoisotopic (exact) mass is 784 g/mol. The van der Waals surface area contributed by atoms with Gasteiger partial charge in [-0.2, -0.15) is 0 Å². The first-order valence-corrected chi connectivity index (χ1v) is 17.4. The van der Waals surface area contributed by atoms with Crippen molar-refractivity contribution >= 4 is 12.0 Å². The lowest BCUT2D eigenvalue weighted by atomic mass is 9.96. The van der Waals surface area contributed by atoms with Gasteiger partial charge >= 0.3 is 5.97 Å². The van der Waals surface area contributed by atoms with E-state index in [1.54, 1.807) is 12.1 Å². The Labute approximate surface area is 315 Å². The van der Waals surface area contributed by atoms with Crippen LogP contribution in [-0.2, 0) is 44.4 Å². The van der Waals surface area contributed by atoms with Gasteiger partial charge < -0.3 is 88.6 Å². The summed E-state index contributed by atoms with van der Waals surface area (Å²) in [5.41, 5.74) is -1.01. The Balaban J connectivity index is 1.40. The van der Waals surface area contributed by atoms with Crippen LogP contribution in [0.4, 0.5) is 0 Å². The molecule has 19 nitrogen and oxygen atoms in total. The second-order valence-corrected chi connectivity index (χ2v) is 13.3. The number of carbonyl (C=O) groups is 1. The SMILES string of the molecule is COc1ccc(CCOC2OC(COC(=O)C=Cc3ccc(O)c(OC)c3)C(O)C(OC3OC(C)C(O)C(O)C3O)C2OC2OCC(O)(CO)C2O)cc1O. The molecule has 3 aliphatic heterocycles. The Morgan fingerprint density at radius 2 is 1.58 bits per heavy atom. The number of benzene rings is 2. The van der Waals surface area contributed by atoms with E-state index in [9.17, 15) is 50.8 Å². The summed E-state index contributed by atoms with van der Waals surface area (Å²) in [4.78, 5) is 12.8. The van der Waals surface area contributed by atoms with Crippen molar-refractivity contribution in [3.8, 4) is 23.0 Å². The summed E-state index contributed by atoms with van der Waals surface area (Å²) < 4.78 is 50.8. The number of aliphatic hydroxyl groups is 7. The molecule has 13 unspecified atom stereocenters. The molecule has 0 bridgehead atoms. The van der Waals surface area contributed by atoms with Crippen molar-refractivity contribution < 1.29 is 93.4 Å². The molecule has 2 aromatic rings. The molecule has 3 fully saturated rings. The van der Waals surface area contributed by atoms with E-state index in [0.29, 0.717) is 11.1 Å². The zero-order chi connectivity index (χ0) is 40.0. The van der Waals surface area contributed by atoms with Crippen LogP contribution in [0.1, 0.15) is 18.1 Å². The second kappa shape index (κ2) is 18.5. The van der Waals surface area contributed by atoms with Crippen molar-refractivity contribution in [3.63, 3.8) is 0 Å². The number of carbonyl (C=O) groups excluding carboxylic acids is 1. The number of rotatable bonds is 15. The fourth-order valence-electron chi connectivity index (χ4n) is 6.17. The minimum absolute atomic E-state index is 0.104. The summed E-state index contributed by atoms with van der Waals surface area (Å²) in [6, 6.07) is 9.07. The summed E-state index contributed by atoms with van der Waals surface area (Å²) in [5.74, 6) is -0.670. The van der Waals surface area contributed by atoms with E-state index in [2.05, 4.69) is 0 Å². The van der Waals surface area contributed by atoms with Gasteiger partial charge in [0.25, 0.3) is 0 Å². The van der Waals surface area contributed by atoms with Gasteiger partial charge in [0.15, 0.2) is 41.9 Å². The number of hydrogen-bond donors (Lipinski definition) is 9. The van der Waals surface area contributed by atoms with E-state index in [4.69, 9.17) is 42.6 Å². The Morgan fingerprint density at radius 3 is 2.25 bits per heavy atom. The van der Waals surface area contributed by atoms with Crippen molar-refractivity contribution in [1.82, 2.24) is 0 Å². The number of ether oxygens (including phenoxy) is 9. The maximum absolute atomic E-state index is 12.8. The highest BCUT2D eigenvalue weighted by atomic mass is 16.8. The van der Waals surface area contributed by atoms with Crippen molar-refractivity contribution in [1.29, 1.82) is 0 Å².